The van der Waals surface area contributed by atoms with Gasteiger partial charge in [0.15, 0.2) is 10.8 Å². The third-order valence-corrected chi connectivity index (χ3v) is 5.30. The van der Waals surface area contributed by atoms with Gasteiger partial charge in [0.05, 0.1) is 25.0 Å². The molecule has 0 atom stereocenters. The van der Waals surface area contributed by atoms with Crippen LogP contribution in [0.5, 0.6) is 0 Å². The molecule has 1 aliphatic heterocycles. The Kier molecular flexibility index (Phi) is 5.22. The number of rotatable bonds is 6. The largest absolute Gasteiger partial charge is 0.467 e. The lowest BCUT2D eigenvalue weighted by Gasteiger charge is -2.24. The zero-order chi connectivity index (χ0) is 19.5. The molecule has 0 aliphatic carbocycles. The van der Waals surface area contributed by atoms with Gasteiger partial charge in [-0.2, -0.15) is 0 Å². The Morgan fingerprint density at radius 3 is 3.04 bits per heavy atom. The van der Waals surface area contributed by atoms with E-state index in [4.69, 9.17) is 8.94 Å². The number of hydrogen-bond acceptors (Lipinski definition) is 8. The Morgan fingerprint density at radius 1 is 1.39 bits per heavy atom. The number of nitrogens with zero attached hydrogens (tertiary/aromatic N) is 3. The number of aromatic nitrogens is 2. The van der Waals surface area contributed by atoms with E-state index in [1.165, 1.54) is 11.3 Å². The molecule has 0 aromatic carbocycles. The molecule has 1 aliphatic rings. The fourth-order valence-electron chi connectivity index (χ4n) is 2.93. The Bertz CT molecular complexity index is 978. The van der Waals surface area contributed by atoms with Crippen LogP contribution in [0.2, 0.25) is 0 Å². The molecule has 0 bridgehead atoms. The molecule has 0 radical (unpaired) electrons. The highest BCUT2D eigenvalue weighted by molar-refractivity contribution is 7.15. The van der Waals surface area contributed by atoms with Gasteiger partial charge in [0.1, 0.15) is 11.5 Å². The van der Waals surface area contributed by atoms with E-state index in [1.807, 2.05) is 6.07 Å². The third-order valence-electron chi connectivity index (χ3n) is 4.30. The van der Waals surface area contributed by atoms with Crippen LogP contribution >= 0.6 is 11.3 Å². The van der Waals surface area contributed by atoms with E-state index in [-0.39, 0.29) is 17.5 Å². The topological polar surface area (TPSA) is 114 Å². The van der Waals surface area contributed by atoms with Crippen LogP contribution in [0.3, 0.4) is 0 Å². The molecule has 0 spiro atoms. The van der Waals surface area contributed by atoms with Crippen molar-refractivity contribution in [2.45, 2.75) is 26.4 Å². The first-order chi connectivity index (χ1) is 13.6. The predicted octanol–water partition coefficient (Wildman–Crippen LogP) is 1.96. The normalized spacial score (nSPS) is 13.9. The van der Waals surface area contributed by atoms with Crippen molar-refractivity contribution in [1.29, 1.82) is 0 Å². The van der Waals surface area contributed by atoms with Crippen LogP contribution in [0.4, 0.5) is 5.13 Å². The van der Waals surface area contributed by atoms with Gasteiger partial charge in [0, 0.05) is 30.5 Å². The van der Waals surface area contributed by atoms with Crippen LogP contribution in [0, 0.1) is 6.92 Å². The molecule has 0 saturated heterocycles. The molecular weight excluding hydrogens is 382 g/mol. The van der Waals surface area contributed by atoms with E-state index in [2.05, 4.69) is 25.7 Å². The summed E-state index contributed by atoms with van der Waals surface area (Å²) in [6.45, 7) is 3.77. The molecule has 9 nitrogen and oxygen atoms in total. The maximum atomic E-state index is 12.2. The standard InChI is InChI=1S/C18H19N5O4S/c1-11-7-14(22-27-11)17(25)21-18-20-13-4-5-23(9-15(13)28-18)10-16(24)19-8-12-3-2-6-26-12/h2-3,6-7H,4-5,8-10H2,1H3,(H,19,24)(H,20,21,25). The molecule has 28 heavy (non-hydrogen) atoms. The summed E-state index contributed by atoms with van der Waals surface area (Å²) in [4.78, 5) is 31.9. The smallest absolute Gasteiger partial charge is 0.279 e. The highest BCUT2D eigenvalue weighted by Gasteiger charge is 2.23. The van der Waals surface area contributed by atoms with E-state index < -0.39 is 0 Å². The maximum absolute atomic E-state index is 12.2. The van der Waals surface area contributed by atoms with Gasteiger partial charge in [-0.3, -0.25) is 19.8 Å². The second-order valence-corrected chi connectivity index (χ2v) is 7.57. The summed E-state index contributed by atoms with van der Waals surface area (Å²) in [6.07, 6.45) is 2.31. The fourth-order valence-corrected chi connectivity index (χ4v) is 3.97. The number of carbonyl (C=O) groups excluding carboxylic acids is 2. The Hall–Kier alpha value is -2.98. The number of aryl methyl sites for hydroxylation is 1. The first-order valence-corrected chi connectivity index (χ1v) is 9.63. The van der Waals surface area contributed by atoms with Gasteiger partial charge in [0.25, 0.3) is 5.91 Å². The monoisotopic (exact) mass is 401 g/mol. The molecule has 3 aromatic rings. The number of thiazole rings is 1. The summed E-state index contributed by atoms with van der Waals surface area (Å²) in [5, 5.41) is 9.84. The van der Waals surface area contributed by atoms with Crippen molar-refractivity contribution in [3.63, 3.8) is 0 Å². The average molecular weight is 401 g/mol. The molecule has 0 unspecified atom stereocenters. The van der Waals surface area contributed by atoms with Gasteiger partial charge in [-0.15, -0.1) is 11.3 Å². The molecule has 3 aromatic heterocycles. The summed E-state index contributed by atoms with van der Waals surface area (Å²) in [7, 11) is 0. The van der Waals surface area contributed by atoms with Gasteiger partial charge >= 0.3 is 0 Å². The SMILES string of the molecule is Cc1cc(C(=O)Nc2nc3c(s2)CN(CC(=O)NCc2ccco2)CC3)no1. The van der Waals surface area contributed by atoms with Crippen LogP contribution in [0.1, 0.15) is 32.6 Å². The molecule has 10 heteroatoms. The van der Waals surface area contributed by atoms with Crippen LogP contribution in [-0.2, 0) is 24.3 Å². The second kappa shape index (κ2) is 7.95. The highest BCUT2D eigenvalue weighted by atomic mass is 32.1. The lowest BCUT2D eigenvalue weighted by Crippen LogP contribution is -2.39. The summed E-state index contributed by atoms with van der Waals surface area (Å²) in [5.41, 5.74) is 1.18. The Morgan fingerprint density at radius 2 is 2.29 bits per heavy atom. The van der Waals surface area contributed by atoms with E-state index in [9.17, 15) is 9.59 Å². The molecular formula is C18H19N5O4S. The number of nitrogens with one attached hydrogen (secondary N) is 2. The van der Waals surface area contributed by atoms with Crippen molar-refractivity contribution in [2.24, 2.45) is 0 Å². The number of fused-ring (bicyclic) bond motifs is 1. The van der Waals surface area contributed by atoms with Gasteiger partial charge < -0.3 is 14.3 Å². The van der Waals surface area contributed by atoms with Gasteiger partial charge in [-0.25, -0.2) is 4.98 Å². The van der Waals surface area contributed by atoms with E-state index in [0.717, 1.165) is 29.3 Å². The van der Waals surface area contributed by atoms with Gasteiger partial charge in [-0.05, 0) is 19.1 Å². The minimum atomic E-state index is -0.350. The van der Waals surface area contributed by atoms with Crippen molar-refractivity contribution in [2.75, 3.05) is 18.4 Å². The number of anilines is 1. The number of amides is 2. The zero-order valence-electron chi connectivity index (χ0n) is 15.2. The van der Waals surface area contributed by atoms with Gasteiger partial charge in [-0.1, -0.05) is 5.16 Å². The number of furan rings is 1. The third kappa shape index (κ3) is 4.29. The zero-order valence-corrected chi connectivity index (χ0v) is 16.0. The van der Waals surface area contributed by atoms with Crippen LogP contribution in [-0.4, -0.2) is 39.9 Å². The first-order valence-electron chi connectivity index (χ1n) is 8.81. The quantitative estimate of drug-likeness (QED) is 0.649. The number of hydrogen-bond donors (Lipinski definition) is 2. The number of carbonyl (C=O) groups is 2. The van der Waals surface area contributed by atoms with Crippen LogP contribution < -0.4 is 10.6 Å². The summed E-state index contributed by atoms with van der Waals surface area (Å²) < 4.78 is 10.1. The van der Waals surface area contributed by atoms with Crippen LogP contribution in [0.15, 0.2) is 33.4 Å². The molecule has 4 rings (SSSR count). The first kappa shape index (κ1) is 18.4. The van der Waals surface area contributed by atoms with Crippen molar-refractivity contribution in [1.82, 2.24) is 20.4 Å². The molecule has 2 N–H and O–H groups in total. The minimum Gasteiger partial charge on any atom is -0.467 e. The minimum absolute atomic E-state index is 0.0562. The Labute approximate surface area is 164 Å². The fraction of sp³-hybridized carbons (Fsp3) is 0.333. The molecule has 2 amide bonds. The second-order valence-electron chi connectivity index (χ2n) is 6.48. The summed E-state index contributed by atoms with van der Waals surface area (Å²) in [6, 6.07) is 5.18. The summed E-state index contributed by atoms with van der Waals surface area (Å²) in [5.74, 6) is 0.889. The maximum Gasteiger partial charge on any atom is 0.279 e. The molecule has 0 fully saturated rings. The lowest BCUT2D eigenvalue weighted by molar-refractivity contribution is -0.122. The van der Waals surface area contributed by atoms with Crippen LogP contribution in [0.25, 0.3) is 0 Å². The summed E-state index contributed by atoms with van der Waals surface area (Å²) >= 11 is 1.42. The lowest BCUT2D eigenvalue weighted by atomic mass is 10.2. The molecule has 4 heterocycles. The predicted molar refractivity (Wildman–Crippen MR) is 101 cm³/mol. The highest BCUT2D eigenvalue weighted by Crippen LogP contribution is 2.28. The Balaban J connectivity index is 1.31. The van der Waals surface area contributed by atoms with Gasteiger partial charge in [0.2, 0.25) is 5.91 Å². The van der Waals surface area contributed by atoms with E-state index in [0.29, 0.717) is 30.5 Å². The van der Waals surface area contributed by atoms with Crippen molar-refractivity contribution in [3.8, 4) is 0 Å². The molecule has 0 saturated carbocycles. The van der Waals surface area contributed by atoms with Crippen molar-refractivity contribution in [3.05, 3.63) is 52.2 Å². The molecule has 146 valence electrons. The van der Waals surface area contributed by atoms with Crippen molar-refractivity contribution >= 4 is 28.3 Å². The van der Waals surface area contributed by atoms with E-state index >= 15 is 0 Å². The van der Waals surface area contributed by atoms with E-state index in [1.54, 1.807) is 25.3 Å². The van der Waals surface area contributed by atoms with Crippen molar-refractivity contribution < 1.29 is 18.5 Å². The average Bonchev–Trinajstić information content (AvgIpc) is 3.40.